The number of ether oxygens (including phenoxy) is 1. The van der Waals surface area contributed by atoms with Crippen molar-refractivity contribution in [3.05, 3.63) is 111 Å². The first-order chi connectivity index (χ1) is 35.1. The summed E-state index contributed by atoms with van der Waals surface area (Å²) in [5, 5.41) is 7.65. The molecule has 3 heterocycles. The van der Waals surface area contributed by atoms with E-state index < -0.39 is 115 Å². The first-order valence-electron chi connectivity index (χ1n) is 21.3. The minimum atomic E-state index is -5.89. The number of para-hydroxylation sites is 1. The van der Waals surface area contributed by atoms with E-state index in [0.717, 1.165) is 32.1 Å². The quantitative estimate of drug-likeness (QED) is 0.0222. The van der Waals surface area contributed by atoms with E-state index in [1.807, 2.05) is 0 Å². The Bertz CT molecular complexity index is 4020. The van der Waals surface area contributed by atoms with Crippen LogP contribution in [0.15, 0.2) is 99.1 Å². The van der Waals surface area contributed by atoms with Gasteiger partial charge >= 0.3 is 148 Å². The van der Waals surface area contributed by atoms with Crippen molar-refractivity contribution in [1.29, 1.82) is 0 Å². The van der Waals surface area contributed by atoms with Crippen LogP contribution in [-0.2, 0) is 71.7 Å². The van der Waals surface area contributed by atoms with Crippen LogP contribution in [-0.4, -0.2) is 89.4 Å². The van der Waals surface area contributed by atoms with Crippen LogP contribution in [0.25, 0.3) is 44.6 Å². The minimum Gasteiger partial charge on any atom is -0.716 e. The third kappa shape index (κ3) is 22.0. The van der Waals surface area contributed by atoms with Crippen molar-refractivity contribution < 1.29 is 243 Å². The van der Waals surface area contributed by atoms with E-state index in [9.17, 15) is 74.4 Å². The van der Waals surface area contributed by atoms with E-state index in [1.165, 1.54) is 35.1 Å². The predicted octanol–water partition coefficient (Wildman–Crippen LogP) is -12.3. The summed E-state index contributed by atoms with van der Waals surface area (Å²) in [6.45, 7) is 0.165. The molecule has 80 heavy (non-hydrogen) atoms. The molecule has 0 spiro atoms. The fourth-order valence-electron chi connectivity index (χ4n) is 7.36. The Morgan fingerprint density at radius 3 is 1.68 bits per heavy atom. The van der Waals surface area contributed by atoms with Crippen molar-refractivity contribution in [2.24, 2.45) is 0 Å². The summed E-state index contributed by atoms with van der Waals surface area (Å²) in [4.78, 5) is 32.2. The second-order valence-corrected chi connectivity index (χ2v) is 20.6. The molecule has 0 aliphatic heterocycles. The zero-order valence-electron chi connectivity index (χ0n) is 42.7. The number of aromatic nitrogens is 5. The summed E-state index contributed by atoms with van der Waals surface area (Å²) >= 11 is 0. The third-order valence-corrected chi connectivity index (χ3v) is 12.2. The van der Waals surface area contributed by atoms with E-state index in [0.29, 0.717) is 78.6 Å². The molecule has 0 saturated carbocycles. The van der Waals surface area contributed by atoms with Gasteiger partial charge in [0.25, 0.3) is 57.6 Å². The Morgan fingerprint density at radius 2 is 1.07 bits per heavy atom. The SMILES string of the molecule is O=c1c(OS(=O)(=O)[O-])c(-c2ccc(OS(=O)(=O)[O-])c(OS(=O)(=O)[O-])c2)oc2cc(OS(=O)(=O)[O-])cc(OCc3cn(CCCCCCCCCn4c(-c5ccc(OS(=O)(=O)[O-])cc5)nc5ccccc5c4=O)nn3)c12.[Na+].[Na+].[Na+].[Na+].[Na+]. The normalized spacial score (nSPS) is 11.7. The molecule has 0 N–H and O–H groups in total. The van der Waals surface area contributed by atoms with Crippen molar-refractivity contribution >= 4 is 73.9 Å². The Hall–Kier alpha value is -2.28. The molecule has 0 saturated heterocycles. The molecule has 0 fully saturated rings. The van der Waals surface area contributed by atoms with Crippen molar-refractivity contribution in [2.45, 2.75) is 64.6 Å². The number of hydrogen-bond acceptors (Lipinski definition) is 27. The maximum absolute atomic E-state index is 14.0. The monoisotopic (exact) mass is 1250 g/mol. The Morgan fingerprint density at radius 1 is 0.537 bits per heavy atom. The summed E-state index contributed by atoms with van der Waals surface area (Å²) in [5.74, 6) is -6.53. The van der Waals surface area contributed by atoms with Crippen molar-refractivity contribution in [2.75, 3.05) is 0 Å². The summed E-state index contributed by atoms with van der Waals surface area (Å²) < 4.78 is 207. The molecule has 0 aliphatic carbocycles. The number of aryl methyl sites for hydroxylation is 1. The Kier molecular flexibility index (Phi) is 28.8. The molecule has 0 aliphatic rings. The van der Waals surface area contributed by atoms with E-state index in [1.54, 1.807) is 28.8 Å². The molecule has 0 unspecified atom stereocenters. The fraction of sp³-hybridized carbons (Fsp3) is 0.244. The molecule has 39 heteroatoms. The standard InChI is InChI=1S/C41H39N5O24S5.5Na/c47-37-36-34(21-29(67-72(52,53)54)22-35(36)65-38(39(37)70-75(61,62)63)26-14-17-32(68-73(55,56)57)33(20-26)69-74(58,59)60)64-24-27-23-45(44-43-27)18-8-4-2-1-3-5-9-19-46-40(42-31-11-7-6-10-30(31)41(46)48)25-12-15-28(16-13-25)66-71(49,50)51;;;;;/h6-7,10-17,20-23H,1-5,8-9,18-19,24H2,(H,49,50,51)(H,52,53,54)(H,55,56,57)(H,58,59,60)(H,61,62,63);;;;;/q;5*+1/p-5. The van der Waals surface area contributed by atoms with Crippen LogP contribution in [0.4, 0.5) is 0 Å². The summed E-state index contributed by atoms with van der Waals surface area (Å²) in [6.07, 6.45) is 6.78. The van der Waals surface area contributed by atoms with Crippen LogP contribution in [0.1, 0.15) is 50.6 Å². The van der Waals surface area contributed by atoms with E-state index >= 15 is 0 Å². The molecule has 0 amide bonds. The molecule has 7 aromatic rings. The molecule has 3 aromatic heterocycles. The molecule has 0 bridgehead atoms. The number of fused-ring (bicyclic) bond motifs is 2. The van der Waals surface area contributed by atoms with Gasteiger partial charge in [-0.3, -0.25) is 18.8 Å². The van der Waals surface area contributed by atoms with E-state index in [-0.39, 0.29) is 165 Å². The summed E-state index contributed by atoms with van der Waals surface area (Å²) in [6, 6.07) is 15.2. The number of unbranched alkanes of at least 4 members (excludes halogenated alkanes) is 6. The van der Waals surface area contributed by atoms with Crippen LogP contribution >= 0.6 is 0 Å². The zero-order valence-corrected chi connectivity index (χ0v) is 56.8. The van der Waals surface area contributed by atoms with Crippen molar-refractivity contribution in [3.63, 3.8) is 0 Å². The van der Waals surface area contributed by atoms with Crippen LogP contribution in [0.5, 0.6) is 34.5 Å². The van der Waals surface area contributed by atoms with Gasteiger partial charge in [-0.05, 0) is 67.4 Å². The molecule has 7 rings (SSSR count). The Balaban J connectivity index is 0.00000437. The molecular formula is C41H34N5Na5O24S5. The van der Waals surface area contributed by atoms with Gasteiger partial charge in [0.2, 0.25) is 11.2 Å². The van der Waals surface area contributed by atoms with Crippen molar-refractivity contribution in [1.82, 2.24) is 24.5 Å². The molecule has 0 radical (unpaired) electrons. The topological polar surface area (TPSA) is 437 Å². The predicted molar refractivity (Wildman–Crippen MR) is 248 cm³/mol. The third-order valence-electron chi connectivity index (χ3n) is 10.3. The number of nitrogens with zero attached hydrogens (tertiary/aromatic N) is 5. The first kappa shape index (κ1) is 73.8. The van der Waals surface area contributed by atoms with Crippen molar-refractivity contribution in [3.8, 4) is 57.2 Å². The molecular weight excluding hydrogens is 1220 g/mol. The average molecular weight is 1260 g/mol. The maximum atomic E-state index is 14.0. The van der Waals surface area contributed by atoms with Gasteiger partial charge < -0.3 is 52.8 Å². The van der Waals surface area contributed by atoms with Gasteiger partial charge in [-0.1, -0.05) is 49.5 Å². The van der Waals surface area contributed by atoms with E-state index in [2.05, 4.69) is 36.2 Å². The second kappa shape index (κ2) is 31.2. The molecule has 402 valence electrons. The van der Waals surface area contributed by atoms with Gasteiger partial charge in [-0.2, -0.15) is 0 Å². The molecule has 29 nitrogen and oxygen atoms in total. The maximum Gasteiger partial charge on any atom is 1.00 e. The summed E-state index contributed by atoms with van der Waals surface area (Å²) in [7, 11) is -27.9. The molecule has 4 aromatic carbocycles. The summed E-state index contributed by atoms with van der Waals surface area (Å²) in [5.41, 5.74) is -2.25. The second-order valence-electron chi connectivity index (χ2n) is 15.7. The number of benzene rings is 4. The van der Waals surface area contributed by atoms with Gasteiger partial charge in [-0.15, -0.1) is 5.10 Å². The van der Waals surface area contributed by atoms with Gasteiger partial charge in [0.1, 0.15) is 46.3 Å². The van der Waals surface area contributed by atoms with E-state index in [4.69, 9.17) is 9.15 Å². The van der Waals surface area contributed by atoms with Crippen LogP contribution in [0, 0.1) is 0 Å². The largest absolute Gasteiger partial charge is 1.00 e. The smallest absolute Gasteiger partial charge is 0.716 e. The zero-order chi connectivity index (χ0) is 54.5. The van der Waals surface area contributed by atoms with Gasteiger partial charge in [0.05, 0.1) is 17.1 Å². The molecule has 0 atom stereocenters. The number of hydrogen-bond donors (Lipinski definition) is 0. The fourth-order valence-corrected chi connectivity index (χ4v) is 9.10. The van der Waals surface area contributed by atoms with Gasteiger partial charge in [0, 0.05) is 36.3 Å². The van der Waals surface area contributed by atoms with Crippen LogP contribution in [0.2, 0.25) is 0 Å². The van der Waals surface area contributed by atoms with Crippen LogP contribution in [0.3, 0.4) is 0 Å². The first-order valence-corrected chi connectivity index (χ1v) is 27.9. The van der Waals surface area contributed by atoms with Gasteiger partial charge in [-0.25, -0.2) is 47.1 Å². The minimum absolute atomic E-state index is 0. The van der Waals surface area contributed by atoms with Gasteiger partial charge in [0.15, 0.2) is 17.3 Å². The average Bonchev–Trinajstić information content (AvgIpc) is 3.75. The Labute approximate surface area is 566 Å². The van der Waals surface area contributed by atoms with Crippen LogP contribution < -0.4 is 184 Å². The number of rotatable bonds is 25.